The molecule has 9 heteroatoms. The van der Waals surface area contributed by atoms with Crippen LogP contribution >= 0.6 is 0 Å². The van der Waals surface area contributed by atoms with E-state index in [9.17, 15) is 4.79 Å². The summed E-state index contributed by atoms with van der Waals surface area (Å²) in [4.78, 5) is 24.7. The summed E-state index contributed by atoms with van der Waals surface area (Å²) in [5.74, 6) is 0.763. The minimum atomic E-state index is -0.311. The predicted molar refractivity (Wildman–Crippen MR) is 84.0 cm³/mol. The van der Waals surface area contributed by atoms with Gasteiger partial charge < -0.3 is 23.8 Å². The van der Waals surface area contributed by atoms with Crippen molar-refractivity contribution in [1.82, 2.24) is 20.0 Å². The van der Waals surface area contributed by atoms with Gasteiger partial charge in [0.15, 0.2) is 0 Å². The molecule has 0 bridgehead atoms. The maximum Gasteiger partial charge on any atom is 0.292 e. The quantitative estimate of drug-likeness (QED) is 0.809. The maximum absolute atomic E-state index is 12.5. The molecule has 0 radical (unpaired) electrons. The Labute approximate surface area is 139 Å². The summed E-state index contributed by atoms with van der Waals surface area (Å²) in [6.45, 7) is 1.28. The van der Waals surface area contributed by atoms with Crippen LogP contribution in [0.15, 0.2) is 22.9 Å². The minimum absolute atomic E-state index is 0.143. The molecule has 0 aliphatic carbocycles. The fraction of sp³-hybridized carbons (Fsp3) is 0.467. The summed E-state index contributed by atoms with van der Waals surface area (Å²) in [5, 5.41) is 3.66. The van der Waals surface area contributed by atoms with E-state index in [0.29, 0.717) is 25.6 Å². The van der Waals surface area contributed by atoms with Crippen molar-refractivity contribution in [3.8, 4) is 5.88 Å². The van der Waals surface area contributed by atoms with Crippen molar-refractivity contribution in [2.24, 2.45) is 0 Å². The second-order valence-electron chi connectivity index (χ2n) is 5.52. The molecule has 0 N–H and O–H groups in total. The molecule has 1 atom stereocenters. The van der Waals surface area contributed by atoms with Crippen molar-refractivity contribution in [1.29, 1.82) is 0 Å². The van der Waals surface area contributed by atoms with Crippen LogP contribution in [0.4, 0.5) is 5.95 Å². The Balaban J connectivity index is 1.74. The molecule has 0 saturated carbocycles. The number of rotatable bonds is 4. The van der Waals surface area contributed by atoms with Crippen LogP contribution < -0.4 is 9.64 Å². The van der Waals surface area contributed by atoms with Gasteiger partial charge in [0.05, 0.1) is 32.0 Å². The molecule has 1 aliphatic heterocycles. The van der Waals surface area contributed by atoms with Gasteiger partial charge in [-0.25, -0.2) is 9.97 Å². The van der Waals surface area contributed by atoms with Crippen molar-refractivity contribution in [3.63, 3.8) is 0 Å². The lowest BCUT2D eigenvalue weighted by Gasteiger charge is -2.32. The third-order valence-corrected chi connectivity index (χ3v) is 3.66. The van der Waals surface area contributed by atoms with Gasteiger partial charge in [-0.15, -0.1) is 0 Å². The van der Waals surface area contributed by atoms with Crippen molar-refractivity contribution in [2.75, 3.05) is 45.8 Å². The van der Waals surface area contributed by atoms with Crippen LogP contribution in [0.25, 0.3) is 0 Å². The Morgan fingerprint density at radius 1 is 1.46 bits per heavy atom. The number of methoxy groups -OCH3 is 1. The second kappa shape index (κ2) is 6.83. The van der Waals surface area contributed by atoms with Crippen molar-refractivity contribution < 1.29 is 18.8 Å². The molecule has 128 valence electrons. The first-order valence-electron chi connectivity index (χ1n) is 7.50. The highest BCUT2D eigenvalue weighted by Gasteiger charge is 2.29. The molecule has 0 unspecified atom stereocenters. The second-order valence-corrected chi connectivity index (χ2v) is 5.52. The summed E-state index contributed by atoms with van der Waals surface area (Å²) in [5.41, 5.74) is 0.737. The molecule has 2 aromatic rings. The van der Waals surface area contributed by atoms with Gasteiger partial charge in [0, 0.05) is 26.8 Å². The van der Waals surface area contributed by atoms with E-state index in [0.717, 1.165) is 5.69 Å². The third kappa shape index (κ3) is 3.30. The van der Waals surface area contributed by atoms with E-state index in [1.54, 1.807) is 17.2 Å². The first-order valence-corrected chi connectivity index (χ1v) is 7.50. The van der Waals surface area contributed by atoms with Crippen molar-refractivity contribution in [3.05, 3.63) is 29.8 Å². The number of amides is 1. The lowest BCUT2D eigenvalue weighted by Crippen LogP contribution is -2.42. The van der Waals surface area contributed by atoms with Crippen molar-refractivity contribution >= 4 is 11.9 Å². The van der Waals surface area contributed by atoms with Crippen LogP contribution in [0.3, 0.4) is 0 Å². The van der Waals surface area contributed by atoms with Gasteiger partial charge in [0.1, 0.15) is 6.10 Å². The number of ether oxygens (including phenoxy) is 2. The topological polar surface area (TPSA) is 93.8 Å². The number of nitrogens with zero attached hydrogens (tertiary/aromatic N) is 5. The predicted octanol–water partition coefficient (Wildman–Crippen LogP) is 0.753. The summed E-state index contributed by atoms with van der Waals surface area (Å²) >= 11 is 0. The summed E-state index contributed by atoms with van der Waals surface area (Å²) < 4.78 is 15.7. The van der Waals surface area contributed by atoms with Crippen LogP contribution in [-0.4, -0.2) is 66.8 Å². The molecule has 9 nitrogen and oxygen atoms in total. The SMILES string of the molecule is COc1cc(C(=O)N2CCO[C@H](c3ccnc(N(C)C)n3)C2)on1. The zero-order valence-electron chi connectivity index (χ0n) is 13.8. The smallest absolute Gasteiger partial charge is 0.292 e. The van der Waals surface area contributed by atoms with Crippen LogP contribution in [0, 0.1) is 0 Å². The Bertz CT molecular complexity index is 717. The number of carbonyl (C=O) groups is 1. The number of morpholine rings is 1. The standard InChI is InChI=1S/C15H19N5O4/c1-19(2)15-16-5-4-10(17-15)12-9-20(6-7-23-12)14(21)11-8-13(22-3)18-24-11/h4-5,8,12H,6-7,9H2,1-3H3/t12-/m0/s1. The monoisotopic (exact) mass is 333 g/mol. The molecule has 1 aliphatic rings. The highest BCUT2D eigenvalue weighted by molar-refractivity contribution is 5.91. The molecular weight excluding hydrogens is 314 g/mol. The molecule has 0 spiro atoms. The molecule has 3 rings (SSSR count). The summed E-state index contributed by atoms with van der Waals surface area (Å²) in [6, 6.07) is 3.27. The molecule has 24 heavy (non-hydrogen) atoms. The minimum Gasteiger partial charge on any atom is -0.479 e. The van der Waals surface area contributed by atoms with Gasteiger partial charge in [-0.3, -0.25) is 4.79 Å². The number of aromatic nitrogens is 3. The molecule has 0 aromatic carbocycles. The third-order valence-electron chi connectivity index (χ3n) is 3.66. The Kier molecular flexibility index (Phi) is 4.61. The number of carbonyl (C=O) groups excluding carboxylic acids is 1. The first kappa shape index (κ1) is 16.2. The lowest BCUT2D eigenvalue weighted by atomic mass is 10.2. The Hall–Kier alpha value is -2.68. The lowest BCUT2D eigenvalue weighted by molar-refractivity contribution is -0.0258. The Morgan fingerprint density at radius 3 is 3.00 bits per heavy atom. The molecule has 1 saturated heterocycles. The molecule has 1 amide bonds. The summed E-state index contributed by atoms with van der Waals surface area (Å²) in [6.07, 6.45) is 1.37. The average Bonchev–Trinajstić information content (AvgIpc) is 3.10. The van der Waals surface area contributed by atoms with Gasteiger partial charge in [-0.1, -0.05) is 0 Å². The highest BCUT2D eigenvalue weighted by Crippen LogP contribution is 2.23. The summed E-state index contributed by atoms with van der Waals surface area (Å²) in [7, 11) is 5.20. The Morgan fingerprint density at radius 2 is 2.29 bits per heavy atom. The fourth-order valence-corrected chi connectivity index (χ4v) is 2.38. The van der Waals surface area contributed by atoms with Gasteiger partial charge in [0.25, 0.3) is 11.8 Å². The maximum atomic E-state index is 12.5. The van der Waals surface area contributed by atoms with Crippen molar-refractivity contribution in [2.45, 2.75) is 6.10 Å². The molecule has 1 fully saturated rings. The molecule has 3 heterocycles. The van der Waals surface area contributed by atoms with E-state index < -0.39 is 0 Å². The van der Waals surface area contributed by atoms with Gasteiger partial charge >= 0.3 is 0 Å². The normalized spacial score (nSPS) is 17.6. The van der Waals surface area contributed by atoms with E-state index in [-0.39, 0.29) is 23.7 Å². The van der Waals surface area contributed by atoms with Crippen LogP contribution in [-0.2, 0) is 4.74 Å². The van der Waals surface area contributed by atoms with E-state index >= 15 is 0 Å². The first-order chi connectivity index (χ1) is 11.6. The van der Waals surface area contributed by atoms with E-state index in [1.807, 2.05) is 19.0 Å². The number of anilines is 1. The van der Waals surface area contributed by atoms with Crippen LogP contribution in [0.2, 0.25) is 0 Å². The van der Waals surface area contributed by atoms with E-state index in [1.165, 1.54) is 13.2 Å². The zero-order chi connectivity index (χ0) is 17.1. The largest absolute Gasteiger partial charge is 0.479 e. The van der Waals surface area contributed by atoms with E-state index in [2.05, 4.69) is 15.1 Å². The molecular formula is C15H19N5O4. The number of hydrogen-bond donors (Lipinski definition) is 0. The highest BCUT2D eigenvalue weighted by atomic mass is 16.5. The van der Waals surface area contributed by atoms with Crippen LogP contribution in [0.5, 0.6) is 5.88 Å². The van der Waals surface area contributed by atoms with Gasteiger partial charge in [-0.2, -0.15) is 0 Å². The van der Waals surface area contributed by atoms with Crippen LogP contribution in [0.1, 0.15) is 22.4 Å². The van der Waals surface area contributed by atoms with Gasteiger partial charge in [0.2, 0.25) is 11.7 Å². The van der Waals surface area contributed by atoms with E-state index in [4.69, 9.17) is 14.0 Å². The van der Waals surface area contributed by atoms with Gasteiger partial charge in [-0.05, 0) is 11.2 Å². The zero-order valence-corrected chi connectivity index (χ0v) is 13.8. The number of hydrogen-bond acceptors (Lipinski definition) is 8. The fourth-order valence-electron chi connectivity index (χ4n) is 2.38. The average molecular weight is 333 g/mol. The molecule has 2 aromatic heterocycles.